The average Bonchev–Trinajstić information content (AvgIpc) is 2.13. The maximum atomic E-state index is 6.24. The van der Waals surface area contributed by atoms with Crippen LogP contribution in [0.1, 0.15) is 41.5 Å². The minimum absolute atomic E-state index is 0.197. The maximum absolute atomic E-state index is 6.24. The van der Waals surface area contributed by atoms with E-state index in [2.05, 4.69) is 41.5 Å². The molecule has 0 aliphatic rings. The molecule has 0 heterocycles. The van der Waals surface area contributed by atoms with Crippen LogP contribution in [0.25, 0.3) is 0 Å². The van der Waals surface area contributed by atoms with Crippen molar-refractivity contribution in [3.8, 4) is 5.75 Å². The molecule has 0 N–H and O–H groups in total. The van der Waals surface area contributed by atoms with Crippen LogP contribution in [-0.4, -0.2) is 9.04 Å². The minimum atomic E-state index is -0.984. The zero-order chi connectivity index (χ0) is 13.3. The third-order valence-electron chi connectivity index (χ3n) is 2.40. The van der Waals surface area contributed by atoms with Crippen LogP contribution in [0.2, 0.25) is 15.1 Å². The molecule has 17 heavy (non-hydrogen) atoms. The Kier molecular flexibility index (Phi) is 4.31. The summed E-state index contributed by atoms with van der Waals surface area (Å²) in [5.74, 6) is 0.924. The Morgan fingerprint density at radius 3 is 1.65 bits per heavy atom. The second-order valence-electron chi connectivity index (χ2n) is 6.39. The second-order valence-corrected chi connectivity index (χ2v) is 10.7. The zero-order valence-electron chi connectivity index (χ0n) is 11.6. The largest absolute Gasteiger partial charge is 0.541 e. The topological polar surface area (TPSA) is 9.23 Å². The van der Waals surface area contributed by atoms with E-state index in [-0.39, 0.29) is 10.1 Å². The van der Waals surface area contributed by atoms with Crippen LogP contribution in [0, 0.1) is 0 Å². The van der Waals surface area contributed by atoms with Gasteiger partial charge in [-0.05, 0) is 34.3 Å². The Morgan fingerprint density at radius 2 is 1.29 bits per heavy atom. The fourth-order valence-corrected chi connectivity index (χ4v) is 5.41. The molecule has 0 amide bonds. The number of hydrogen-bond acceptors (Lipinski definition) is 1. The van der Waals surface area contributed by atoms with Crippen molar-refractivity contribution in [2.24, 2.45) is 0 Å². The van der Waals surface area contributed by atoms with Gasteiger partial charge >= 0.3 is 0 Å². The van der Waals surface area contributed by atoms with Gasteiger partial charge in [0.05, 0.1) is 0 Å². The van der Waals surface area contributed by atoms with Gasteiger partial charge in [-0.3, -0.25) is 0 Å². The molecule has 0 fully saturated rings. The molecule has 0 saturated heterocycles. The van der Waals surface area contributed by atoms with Crippen LogP contribution in [0.5, 0.6) is 5.75 Å². The van der Waals surface area contributed by atoms with Gasteiger partial charge in [-0.25, -0.2) is 0 Å². The highest BCUT2D eigenvalue weighted by Crippen LogP contribution is 2.42. The molecule has 0 aliphatic heterocycles. The first-order valence-electron chi connectivity index (χ1n) is 5.92. The summed E-state index contributed by atoms with van der Waals surface area (Å²) < 4.78 is 6.24. The molecule has 1 rings (SSSR count). The average molecular weight is 270 g/mol. The molecule has 0 aromatic heterocycles. The molecule has 1 radical (unpaired) electrons. The number of hydrogen-bond donors (Lipinski definition) is 0. The highest BCUT2D eigenvalue weighted by Gasteiger charge is 2.41. The predicted octanol–water partition coefficient (Wildman–Crippen LogP) is 5.31. The van der Waals surface area contributed by atoms with Gasteiger partial charge in [0, 0.05) is 5.02 Å². The number of rotatable bonds is 2. The standard InChI is InChI=1S/C14H22ClOSi/c1-13(2,3)17(14(4,5)6)16-12-9-7-11(15)8-10-12/h7-10H,1-6H3. The van der Waals surface area contributed by atoms with E-state index in [1.165, 1.54) is 0 Å². The third-order valence-corrected chi connectivity index (χ3v) is 5.81. The van der Waals surface area contributed by atoms with Gasteiger partial charge in [-0.2, -0.15) is 0 Å². The van der Waals surface area contributed by atoms with Gasteiger partial charge in [0.15, 0.2) is 0 Å². The van der Waals surface area contributed by atoms with Crippen molar-refractivity contribution in [2.75, 3.05) is 0 Å². The van der Waals surface area contributed by atoms with Crippen LogP contribution in [0.4, 0.5) is 0 Å². The van der Waals surface area contributed by atoms with Crippen LogP contribution in [-0.2, 0) is 0 Å². The lowest BCUT2D eigenvalue weighted by atomic mass is 10.2. The molecule has 0 bridgehead atoms. The van der Waals surface area contributed by atoms with Gasteiger partial charge in [-0.1, -0.05) is 53.1 Å². The molecule has 1 nitrogen and oxygen atoms in total. The Morgan fingerprint density at radius 1 is 0.882 bits per heavy atom. The SMILES string of the molecule is CC(C)(C)[Si](Oc1ccc(Cl)cc1)C(C)(C)C. The molecule has 0 unspecified atom stereocenters. The van der Waals surface area contributed by atoms with E-state index < -0.39 is 9.04 Å². The van der Waals surface area contributed by atoms with Crippen molar-refractivity contribution in [2.45, 2.75) is 51.6 Å². The third kappa shape index (κ3) is 4.36. The molecule has 3 heteroatoms. The summed E-state index contributed by atoms with van der Waals surface area (Å²) in [7, 11) is -0.984. The van der Waals surface area contributed by atoms with E-state index in [0.717, 1.165) is 10.8 Å². The Bertz CT molecular complexity index is 345. The van der Waals surface area contributed by atoms with Gasteiger partial charge in [-0.15, -0.1) is 0 Å². The Hall–Kier alpha value is -0.473. The van der Waals surface area contributed by atoms with Crippen LogP contribution < -0.4 is 4.43 Å². The summed E-state index contributed by atoms with van der Waals surface area (Å²) in [6, 6.07) is 7.65. The molecule has 0 spiro atoms. The highest BCUT2D eigenvalue weighted by atomic mass is 35.5. The minimum Gasteiger partial charge on any atom is -0.541 e. The zero-order valence-corrected chi connectivity index (χ0v) is 13.4. The van der Waals surface area contributed by atoms with E-state index in [1.807, 2.05) is 24.3 Å². The predicted molar refractivity (Wildman–Crippen MR) is 77.3 cm³/mol. The van der Waals surface area contributed by atoms with Crippen LogP contribution >= 0.6 is 11.6 Å². The van der Waals surface area contributed by atoms with Crippen molar-refractivity contribution < 1.29 is 4.43 Å². The van der Waals surface area contributed by atoms with E-state index >= 15 is 0 Å². The summed E-state index contributed by atoms with van der Waals surface area (Å²) in [5, 5.41) is 1.14. The van der Waals surface area contributed by atoms with Crippen LogP contribution in [0.3, 0.4) is 0 Å². The summed E-state index contributed by atoms with van der Waals surface area (Å²) in [6.07, 6.45) is 0. The summed E-state index contributed by atoms with van der Waals surface area (Å²) in [4.78, 5) is 0. The van der Waals surface area contributed by atoms with E-state index in [4.69, 9.17) is 16.0 Å². The Labute approximate surface area is 112 Å². The van der Waals surface area contributed by atoms with Crippen molar-refractivity contribution in [3.63, 3.8) is 0 Å². The number of benzene rings is 1. The first-order valence-corrected chi connectivity index (χ1v) is 7.70. The first kappa shape index (κ1) is 14.6. The van der Waals surface area contributed by atoms with Gasteiger partial charge in [0.25, 0.3) is 9.04 Å². The van der Waals surface area contributed by atoms with Crippen molar-refractivity contribution >= 4 is 20.6 Å². The van der Waals surface area contributed by atoms with Gasteiger partial charge < -0.3 is 4.43 Å². The van der Waals surface area contributed by atoms with E-state index in [9.17, 15) is 0 Å². The first-order chi connectivity index (χ1) is 7.60. The summed E-state index contributed by atoms with van der Waals surface area (Å²) in [5.41, 5.74) is 0. The van der Waals surface area contributed by atoms with E-state index in [1.54, 1.807) is 0 Å². The summed E-state index contributed by atoms with van der Waals surface area (Å²) in [6.45, 7) is 13.5. The number of halogens is 1. The summed E-state index contributed by atoms with van der Waals surface area (Å²) >= 11 is 5.88. The monoisotopic (exact) mass is 269 g/mol. The van der Waals surface area contributed by atoms with Crippen molar-refractivity contribution in [1.29, 1.82) is 0 Å². The van der Waals surface area contributed by atoms with Gasteiger partial charge in [0.2, 0.25) is 0 Å². The molecule has 1 aromatic carbocycles. The lowest BCUT2D eigenvalue weighted by Crippen LogP contribution is -2.40. The maximum Gasteiger partial charge on any atom is 0.292 e. The molecular weight excluding hydrogens is 248 g/mol. The van der Waals surface area contributed by atoms with Crippen molar-refractivity contribution in [1.82, 2.24) is 0 Å². The fourth-order valence-electron chi connectivity index (χ4n) is 2.05. The lowest BCUT2D eigenvalue weighted by molar-refractivity contribution is 0.462. The molecule has 0 aliphatic carbocycles. The fraction of sp³-hybridized carbons (Fsp3) is 0.571. The molecule has 1 aromatic rings. The highest BCUT2D eigenvalue weighted by molar-refractivity contribution is 6.59. The lowest BCUT2D eigenvalue weighted by Gasteiger charge is -2.37. The molecule has 95 valence electrons. The molecule has 0 saturated carbocycles. The molecule has 0 atom stereocenters. The normalized spacial score (nSPS) is 12.9. The smallest absolute Gasteiger partial charge is 0.292 e. The second kappa shape index (κ2) is 5.03. The van der Waals surface area contributed by atoms with Crippen molar-refractivity contribution in [3.05, 3.63) is 29.3 Å². The molecular formula is C14H22ClOSi. The van der Waals surface area contributed by atoms with Crippen LogP contribution in [0.15, 0.2) is 24.3 Å². The van der Waals surface area contributed by atoms with Gasteiger partial charge in [0.1, 0.15) is 5.75 Å². The van der Waals surface area contributed by atoms with E-state index in [0.29, 0.717) is 0 Å². The quantitative estimate of drug-likeness (QED) is 0.661. The Balaban J connectivity index is 2.92.